The summed E-state index contributed by atoms with van der Waals surface area (Å²) in [7, 11) is 0. The van der Waals surface area contributed by atoms with Crippen molar-refractivity contribution in [3.8, 4) is 11.5 Å². The Morgan fingerprint density at radius 3 is 2.20 bits per heavy atom. The second-order valence-corrected chi connectivity index (χ2v) is 11.5. The Bertz CT molecular complexity index is 1620. The first-order chi connectivity index (χ1) is 21.0. The summed E-state index contributed by atoms with van der Waals surface area (Å²) in [6.45, 7) is 0.912. The maximum absolute atomic E-state index is 13.5. The van der Waals surface area contributed by atoms with Crippen molar-refractivity contribution in [1.82, 2.24) is 0 Å². The van der Waals surface area contributed by atoms with Crippen LogP contribution in [0, 0.1) is 0 Å². The fraction of sp³-hybridized carbons (Fsp3) is 0.364. The van der Waals surface area contributed by atoms with Crippen LogP contribution in [0.1, 0.15) is 74.4 Å². The van der Waals surface area contributed by atoms with Gasteiger partial charge in [0.05, 0.1) is 36.0 Å². The van der Waals surface area contributed by atoms with Crippen LogP contribution in [0.25, 0.3) is 0 Å². The Kier molecular flexibility index (Phi) is 7.87. The predicted molar refractivity (Wildman–Crippen MR) is 152 cm³/mol. The number of hydrogen-bond acceptors (Lipinski definition) is 11. The van der Waals surface area contributed by atoms with Crippen LogP contribution in [0.15, 0.2) is 54.6 Å². The smallest absolute Gasteiger partial charge is 0.198 e. The fourth-order valence-corrected chi connectivity index (χ4v) is 6.46. The van der Waals surface area contributed by atoms with Gasteiger partial charge in [0.25, 0.3) is 0 Å². The first-order valence-electron chi connectivity index (χ1n) is 14.3. The molecule has 5 N–H and O–H groups in total. The van der Waals surface area contributed by atoms with Gasteiger partial charge in [0, 0.05) is 41.5 Å². The highest BCUT2D eigenvalue weighted by Gasteiger charge is 2.50. The molecule has 0 spiro atoms. The summed E-state index contributed by atoms with van der Waals surface area (Å²) in [5.74, 6) is -3.66. The topological polar surface area (TPSA) is 180 Å². The van der Waals surface area contributed by atoms with E-state index >= 15 is 0 Å². The largest absolute Gasteiger partial charge is 0.507 e. The zero-order valence-corrected chi connectivity index (χ0v) is 23.8. The van der Waals surface area contributed by atoms with Gasteiger partial charge in [-0.05, 0) is 12.5 Å². The first kappa shape index (κ1) is 30.1. The summed E-state index contributed by atoms with van der Waals surface area (Å²) in [4.78, 5) is 39.7. The van der Waals surface area contributed by atoms with E-state index in [1.165, 1.54) is 12.1 Å². The van der Waals surface area contributed by atoms with Gasteiger partial charge in [-0.2, -0.15) is 0 Å². The third-order valence-corrected chi connectivity index (χ3v) is 8.68. The molecule has 11 heteroatoms. The molecule has 2 aliphatic carbocycles. The van der Waals surface area contributed by atoms with E-state index in [1.807, 2.05) is 30.3 Å². The highest BCUT2D eigenvalue weighted by molar-refractivity contribution is 6.30. The van der Waals surface area contributed by atoms with Gasteiger partial charge in [-0.3, -0.25) is 14.4 Å². The minimum absolute atomic E-state index is 0.0348. The maximum atomic E-state index is 13.5. The number of phenols is 2. The molecule has 3 aliphatic rings. The number of hydrogen-bond donors (Lipinski definition) is 5. The van der Waals surface area contributed by atoms with Gasteiger partial charge in [-0.15, -0.1) is 0 Å². The molecule has 6 rings (SSSR count). The van der Waals surface area contributed by atoms with Crippen LogP contribution >= 0.6 is 0 Å². The van der Waals surface area contributed by atoms with Crippen molar-refractivity contribution in [3.63, 3.8) is 0 Å². The molecule has 3 aromatic rings. The van der Waals surface area contributed by atoms with Crippen molar-refractivity contribution in [1.29, 1.82) is 0 Å². The molecule has 6 atom stereocenters. The van der Waals surface area contributed by atoms with Crippen molar-refractivity contribution in [2.75, 3.05) is 6.61 Å². The maximum Gasteiger partial charge on any atom is 0.198 e. The molecule has 44 heavy (non-hydrogen) atoms. The van der Waals surface area contributed by atoms with E-state index in [0.29, 0.717) is 0 Å². The number of carbonyl (C=O) groups excluding carboxylic acids is 3. The van der Waals surface area contributed by atoms with E-state index in [1.54, 1.807) is 19.1 Å². The van der Waals surface area contributed by atoms with Gasteiger partial charge in [-0.1, -0.05) is 54.6 Å². The van der Waals surface area contributed by atoms with Crippen LogP contribution in [0.5, 0.6) is 11.5 Å². The number of phenolic OH excluding ortho intramolecular Hbond substituents is 2. The van der Waals surface area contributed by atoms with Crippen LogP contribution in [0.4, 0.5) is 0 Å². The Labute approximate surface area is 252 Å². The van der Waals surface area contributed by atoms with Crippen LogP contribution in [0.3, 0.4) is 0 Å². The van der Waals surface area contributed by atoms with E-state index in [4.69, 9.17) is 14.2 Å². The molecule has 0 aromatic heterocycles. The van der Waals surface area contributed by atoms with Crippen molar-refractivity contribution in [2.24, 2.45) is 0 Å². The van der Waals surface area contributed by atoms with Gasteiger partial charge in [0.15, 0.2) is 23.6 Å². The molecule has 3 aromatic carbocycles. The molecule has 0 bridgehead atoms. The van der Waals surface area contributed by atoms with Crippen LogP contribution in [0.2, 0.25) is 0 Å². The summed E-state index contributed by atoms with van der Waals surface area (Å²) >= 11 is 0. The number of ketones is 3. The Morgan fingerprint density at radius 1 is 0.977 bits per heavy atom. The molecule has 1 heterocycles. The number of rotatable bonds is 7. The average Bonchev–Trinajstić information content (AvgIpc) is 3.01. The molecule has 230 valence electrons. The monoisotopic (exact) mass is 604 g/mol. The minimum atomic E-state index is -2.25. The zero-order valence-electron chi connectivity index (χ0n) is 23.8. The van der Waals surface area contributed by atoms with Crippen molar-refractivity contribution >= 4 is 17.3 Å². The quantitative estimate of drug-likeness (QED) is 0.195. The molecule has 0 saturated carbocycles. The lowest BCUT2D eigenvalue weighted by atomic mass is 9.72. The lowest BCUT2D eigenvalue weighted by Crippen LogP contribution is -2.51. The van der Waals surface area contributed by atoms with Crippen LogP contribution in [-0.4, -0.2) is 79.7 Å². The number of fused-ring (bicyclic) bond motifs is 3. The summed E-state index contributed by atoms with van der Waals surface area (Å²) < 4.78 is 18.1. The number of aliphatic hydroxyl groups is 3. The molecule has 0 radical (unpaired) electrons. The molecule has 1 aliphatic heterocycles. The predicted octanol–water partition coefficient (Wildman–Crippen LogP) is 2.25. The Hall–Kier alpha value is -3.97. The van der Waals surface area contributed by atoms with Crippen molar-refractivity contribution in [3.05, 3.63) is 93.5 Å². The standard InChI is InChI=1S/C33H32O11/c1-16-32(42-15-17-7-3-2-4-8-17)21(35)11-24(43-16)44-22-13-33(41,23(36)14-34)12-20-25(22)31(40)27-26(30(20)39)28(37)18-9-5-6-10-19(18)29(27)38/h2-10,16,21-22,24,32,34-35,39-41H,11-15H2,1H3/t16-,21-,22-,24-,32+,33-/m0/s1. The van der Waals surface area contributed by atoms with E-state index < -0.39 is 95.7 Å². The summed E-state index contributed by atoms with van der Waals surface area (Å²) in [5, 5.41) is 54.8. The van der Waals surface area contributed by atoms with E-state index in [9.17, 15) is 39.9 Å². The summed E-state index contributed by atoms with van der Waals surface area (Å²) in [6.07, 6.45) is -5.96. The number of aliphatic hydroxyl groups excluding tert-OH is 2. The van der Waals surface area contributed by atoms with Crippen molar-refractivity contribution in [2.45, 2.75) is 69.1 Å². The number of carbonyl (C=O) groups is 3. The van der Waals surface area contributed by atoms with Crippen LogP contribution in [-0.2, 0) is 32.0 Å². The van der Waals surface area contributed by atoms with Gasteiger partial charge < -0.3 is 39.7 Å². The van der Waals surface area contributed by atoms with Gasteiger partial charge in [-0.25, -0.2) is 0 Å². The third-order valence-electron chi connectivity index (χ3n) is 8.68. The lowest BCUT2D eigenvalue weighted by molar-refractivity contribution is -0.274. The molecule has 0 amide bonds. The number of Topliss-reactive ketones (excluding diaryl/α,β-unsaturated/α-hetero) is 1. The Morgan fingerprint density at radius 2 is 1.59 bits per heavy atom. The number of benzene rings is 3. The molecule has 0 unspecified atom stereocenters. The molecule has 11 nitrogen and oxygen atoms in total. The van der Waals surface area contributed by atoms with E-state index in [-0.39, 0.29) is 35.3 Å². The molecular weight excluding hydrogens is 572 g/mol. The first-order valence-corrected chi connectivity index (χ1v) is 14.3. The van der Waals surface area contributed by atoms with E-state index in [0.717, 1.165) is 5.56 Å². The molecule has 1 saturated heterocycles. The fourth-order valence-electron chi connectivity index (χ4n) is 6.46. The van der Waals surface area contributed by atoms with Gasteiger partial charge in [0.2, 0.25) is 0 Å². The average molecular weight is 605 g/mol. The lowest BCUT2D eigenvalue weighted by Gasteiger charge is -2.42. The highest BCUT2D eigenvalue weighted by Crippen LogP contribution is 2.52. The number of aromatic hydroxyl groups is 2. The highest BCUT2D eigenvalue weighted by atomic mass is 16.7. The van der Waals surface area contributed by atoms with Gasteiger partial charge in [0.1, 0.15) is 29.8 Å². The zero-order chi connectivity index (χ0) is 31.3. The SMILES string of the molecule is C[C@@H]1O[C@@H](O[C@H]2C[C@](O)(C(=O)CO)Cc3c(O)c4c(c(O)c32)C(=O)c2ccccc2C4=O)C[C@H](O)[C@@H]1OCc1ccccc1. The third kappa shape index (κ3) is 5.01. The molecular formula is C33H32O11. The number of ether oxygens (including phenoxy) is 3. The Balaban J connectivity index is 1.34. The van der Waals surface area contributed by atoms with Crippen molar-refractivity contribution < 1.29 is 54.1 Å². The van der Waals surface area contributed by atoms with E-state index in [2.05, 4.69) is 0 Å². The minimum Gasteiger partial charge on any atom is -0.507 e. The second-order valence-electron chi connectivity index (χ2n) is 11.5. The van der Waals surface area contributed by atoms with Crippen LogP contribution < -0.4 is 0 Å². The molecule has 1 fully saturated rings. The summed E-state index contributed by atoms with van der Waals surface area (Å²) in [5.41, 5.74) is -2.37. The normalized spacial score (nSPS) is 27.8. The van der Waals surface area contributed by atoms with Gasteiger partial charge >= 0.3 is 0 Å². The summed E-state index contributed by atoms with van der Waals surface area (Å²) in [6, 6.07) is 15.4. The second kappa shape index (κ2) is 11.5.